The number of aryl methyl sites for hydroxylation is 1. The van der Waals surface area contributed by atoms with Crippen molar-refractivity contribution in [2.24, 2.45) is 0 Å². The lowest BCUT2D eigenvalue weighted by Crippen LogP contribution is -2.11. The third kappa shape index (κ3) is 2.93. The van der Waals surface area contributed by atoms with Gasteiger partial charge in [0, 0.05) is 21.6 Å². The minimum atomic E-state index is -0.540. The fourth-order valence-electron chi connectivity index (χ4n) is 2.12. The molecular formula is C16H12ClFO2S2. The number of esters is 1. The molecule has 0 aliphatic carbocycles. The molecule has 0 amide bonds. The van der Waals surface area contributed by atoms with Gasteiger partial charge in [0.15, 0.2) is 0 Å². The molecule has 0 radical (unpaired) electrons. The molecule has 0 fully saturated rings. The zero-order valence-electron chi connectivity index (χ0n) is 11.9. The van der Waals surface area contributed by atoms with Crippen LogP contribution in [0.5, 0.6) is 5.75 Å². The van der Waals surface area contributed by atoms with Crippen LogP contribution in [0.3, 0.4) is 0 Å². The topological polar surface area (TPSA) is 26.3 Å². The van der Waals surface area contributed by atoms with Crippen molar-refractivity contribution in [1.82, 2.24) is 0 Å². The van der Waals surface area contributed by atoms with Crippen LogP contribution >= 0.6 is 34.7 Å². The fraction of sp³-hybridized carbons (Fsp3) is 0.188. The van der Waals surface area contributed by atoms with E-state index in [1.165, 1.54) is 46.0 Å². The quantitative estimate of drug-likeness (QED) is 0.537. The average molecular weight is 355 g/mol. The summed E-state index contributed by atoms with van der Waals surface area (Å²) in [7, 11) is 0. The molecule has 3 rings (SSSR count). The summed E-state index contributed by atoms with van der Waals surface area (Å²) in [5.41, 5.74) is 2.58. The van der Waals surface area contributed by atoms with Gasteiger partial charge in [-0.3, -0.25) is 0 Å². The lowest BCUT2D eigenvalue weighted by molar-refractivity contribution is -0.129. The Hall–Kier alpha value is -1.30. The van der Waals surface area contributed by atoms with Crippen molar-refractivity contribution < 1.29 is 13.9 Å². The van der Waals surface area contributed by atoms with E-state index >= 15 is 0 Å². The van der Waals surface area contributed by atoms with Crippen LogP contribution in [0, 0.1) is 19.7 Å². The Morgan fingerprint density at radius 2 is 2.14 bits per heavy atom. The van der Waals surface area contributed by atoms with E-state index in [9.17, 15) is 9.18 Å². The first-order chi connectivity index (χ1) is 10.5. The lowest BCUT2D eigenvalue weighted by atomic mass is 10.1. The van der Waals surface area contributed by atoms with Gasteiger partial charge in [-0.05, 0) is 43.2 Å². The van der Waals surface area contributed by atoms with Crippen molar-refractivity contribution in [2.75, 3.05) is 0 Å². The summed E-state index contributed by atoms with van der Waals surface area (Å²) in [6.07, 6.45) is 1.86. The molecule has 22 heavy (non-hydrogen) atoms. The van der Waals surface area contributed by atoms with E-state index in [0.29, 0.717) is 4.91 Å². The van der Waals surface area contributed by atoms with Crippen LogP contribution in [0.1, 0.15) is 20.9 Å². The molecule has 1 aliphatic heterocycles. The molecule has 6 heteroatoms. The highest BCUT2D eigenvalue weighted by molar-refractivity contribution is 8.03. The van der Waals surface area contributed by atoms with E-state index in [4.69, 9.17) is 16.3 Å². The first-order valence-electron chi connectivity index (χ1n) is 6.56. The van der Waals surface area contributed by atoms with Gasteiger partial charge >= 0.3 is 5.97 Å². The highest BCUT2D eigenvalue weighted by atomic mass is 35.5. The molecule has 1 aromatic carbocycles. The molecule has 0 N–H and O–H groups in total. The van der Waals surface area contributed by atoms with Crippen molar-refractivity contribution in [2.45, 2.75) is 19.6 Å². The normalized spacial score (nSPS) is 13.5. The van der Waals surface area contributed by atoms with E-state index in [1.54, 1.807) is 11.3 Å². The highest BCUT2D eigenvalue weighted by Crippen LogP contribution is 2.39. The number of benzene rings is 1. The summed E-state index contributed by atoms with van der Waals surface area (Å²) in [5, 5.41) is -0.0673. The van der Waals surface area contributed by atoms with Crippen molar-refractivity contribution in [3.63, 3.8) is 0 Å². The van der Waals surface area contributed by atoms with Crippen LogP contribution < -0.4 is 4.74 Å². The standard InChI is InChI=1S/C16H12ClFO2S2/c1-8-9(2)22-14-6-15(21-7-11(8)14)16(19)20-10-3-4-13(18)12(17)5-10/h3-6H,7H2,1-2H3. The Morgan fingerprint density at radius 3 is 2.86 bits per heavy atom. The van der Waals surface area contributed by atoms with Gasteiger partial charge in [-0.25, -0.2) is 9.18 Å². The van der Waals surface area contributed by atoms with E-state index in [-0.39, 0.29) is 10.8 Å². The second-order valence-electron chi connectivity index (χ2n) is 4.89. The third-order valence-electron chi connectivity index (χ3n) is 3.48. The van der Waals surface area contributed by atoms with Crippen LogP contribution in [0.15, 0.2) is 23.1 Å². The zero-order valence-corrected chi connectivity index (χ0v) is 14.3. The largest absolute Gasteiger partial charge is 0.423 e. The summed E-state index contributed by atoms with van der Waals surface area (Å²) in [6, 6.07) is 3.86. The molecule has 2 nitrogen and oxygen atoms in total. The van der Waals surface area contributed by atoms with E-state index < -0.39 is 11.8 Å². The Balaban J connectivity index is 1.82. The van der Waals surface area contributed by atoms with Gasteiger partial charge in [0.2, 0.25) is 0 Å². The third-order valence-corrected chi connectivity index (χ3v) is 5.99. The molecule has 0 bridgehead atoms. The van der Waals surface area contributed by atoms with Gasteiger partial charge in [0.05, 0.1) is 9.93 Å². The zero-order chi connectivity index (χ0) is 15.9. The first-order valence-corrected chi connectivity index (χ1v) is 8.74. The summed E-state index contributed by atoms with van der Waals surface area (Å²) >= 11 is 8.82. The number of ether oxygens (including phenoxy) is 1. The molecule has 0 spiro atoms. The summed E-state index contributed by atoms with van der Waals surface area (Å²) in [6.45, 7) is 4.18. The Bertz CT molecular complexity index is 796. The molecule has 0 saturated heterocycles. The van der Waals surface area contributed by atoms with Gasteiger partial charge in [-0.2, -0.15) is 0 Å². The molecule has 1 aromatic heterocycles. The number of thioether (sulfide) groups is 1. The van der Waals surface area contributed by atoms with Crippen molar-refractivity contribution in [3.8, 4) is 5.75 Å². The number of thiophene rings is 1. The maximum atomic E-state index is 13.1. The van der Waals surface area contributed by atoms with Crippen molar-refractivity contribution in [1.29, 1.82) is 0 Å². The maximum absolute atomic E-state index is 13.1. The lowest BCUT2D eigenvalue weighted by Gasteiger charge is -2.13. The van der Waals surface area contributed by atoms with Gasteiger partial charge in [0.25, 0.3) is 0 Å². The number of carbonyl (C=O) groups excluding carboxylic acids is 1. The minimum absolute atomic E-state index is 0.0673. The molecular weight excluding hydrogens is 343 g/mol. The van der Waals surface area contributed by atoms with Gasteiger partial charge in [-0.1, -0.05) is 11.6 Å². The predicted octanol–water partition coefficient (Wildman–Crippen LogP) is 5.35. The molecule has 0 saturated carbocycles. The second-order valence-corrected chi connectivity index (χ2v) is 7.57. The van der Waals surface area contributed by atoms with Crippen LogP contribution in [0.2, 0.25) is 5.02 Å². The van der Waals surface area contributed by atoms with Crippen molar-refractivity contribution in [3.05, 3.63) is 54.8 Å². The summed E-state index contributed by atoms with van der Waals surface area (Å²) in [5.74, 6) is 0.0162. The molecule has 0 unspecified atom stereocenters. The minimum Gasteiger partial charge on any atom is -0.423 e. The highest BCUT2D eigenvalue weighted by Gasteiger charge is 2.22. The first kappa shape index (κ1) is 15.6. The van der Waals surface area contributed by atoms with Gasteiger partial charge < -0.3 is 4.74 Å². The average Bonchev–Trinajstić information content (AvgIpc) is 2.77. The molecule has 1 aliphatic rings. The smallest absolute Gasteiger partial charge is 0.350 e. The summed E-state index contributed by atoms with van der Waals surface area (Å²) < 4.78 is 18.4. The van der Waals surface area contributed by atoms with Crippen LogP contribution in [-0.4, -0.2) is 5.97 Å². The molecule has 2 heterocycles. The van der Waals surface area contributed by atoms with E-state index in [1.807, 2.05) is 6.08 Å². The SMILES string of the molecule is Cc1sc2c(c1C)CSC(C(=O)Oc1ccc(F)c(Cl)c1)=C2. The Kier molecular flexibility index (Phi) is 4.30. The number of fused-ring (bicyclic) bond motifs is 1. The van der Waals surface area contributed by atoms with Crippen LogP contribution in [0.25, 0.3) is 6.08 Å². The number of halogens is 2. The van der Waals surface area contributed by atoms with Gasteiger partial charge in [-0.15, -0.1) is 23.1 Å². The predicted molar refractivity (Wildman–Crippen MR) is 90.1 cm³/mol. The molecule has 114 valence electrons. The van der Waals surface area contributed by atoms with E-state index in [0.717, 1.165) is 10.6 Å². The van der Waals surface area contributed by atoms with Crippen LogP contribution in [-0.2, 0) is 10.5 Å². The van der Waals surface area contributed by atoms with E-state index in [2.05, 4.69) is 13.8 Å². The number of carbonyl (C=O) groups is 1. The number of hydrogen-bond donors (Lipinski definition) is 0. The Labute approximate surface area is 140 Å². The Morgan fingerprint density at radius 1 is 1.36 bits per heavy atom. The number of hydrogen-bond acceptors (Lipinski definition) is 4. The summed E-state index contributed by atoms with van der Waals surface area (Å²) in [4.78, 5) is 15.1. The molecule has 2 aromatic rings. The van der Waals surface area contributed by atoms with Crippen LogP contribution in [0.4, 0.5) is 4.39 Å². The van der Waals surface area contributed by atoms with Crippen molar-refractivity contribution >= 4 is 46.7 Å². The number of rotatable bonds is 2. The molecule has 0 atom stereocenters. The second kappa shape index (κ2) is 6.07. The maximum Gasteiger partial charge on any atom is 0.350 e. The monoisotopic (exact) mass is 354 g/mol. The van der Waals surface area contributed by atoms with Gasteiger partial charge in [0.1, 0.15) is 11.6 Å². The fourth-order valence-corrected chi connectivity index (χ4v) is 4.62.